The third-order valence-electron chi connectivity index (χ3n) is 6.75. The monoisotopic (exact) mass is 425 g/mol. The van der Waals surface area contributed by atoms with Crippen LogP contribution < -0.4 is 0 Å². The zero-order valence-corrected chi connectivity index (χ0v) is 18.4. The molecule has 0 radical (unpaired) electrons. The predicted octanol–water partition coefficient (Wildman–Crippen LogP) is 5.24. The first-order valence-corrected chi connectivity index (χ1v) is 12.8. The van der Waals surface area contributed by atoms with Crippen molar-refractivity contribution in [3.63, 3.8) is 0 Å². The molecule has 1 saturated carbocycles. The van der Waals surface area contributed by atoms with E-state index in [1.54, 1.807) is 48.5 Å². The molecule has 2 aromatic rings. The highest BCUT2D eigenvalue weighted by Crippen LogP contribution is 2.42. The van der Waals surface area contributed by atoms with Crippen molar-refractivity contribution in [2.24, 2.45) is 5.41 Å². The second kappa shape index (κ2) is 8.93. The molecule has 2 fully saturated rings. The van der Waals surface area contributed by atoms with Gasteiger partial charge in [0.15, 0.2) is 9.84 Å². The molecule has 1 aliphatic heterocycles. The summed E-state index contributed by atoms with van der Waals surface area (Å²) in [4.78, 5) is 15.6. The maximum absolute atomic E-state index is 13.3. The molecule has 1 aliphatic carbocycles. The number of nitrogens with zero attached hydrogens (tertiary/aromatic N) is 1. The van der Waals surface area contributed by atoms with Crippen LogP contribution in [0.2, 0.25) is 0 Å². The maximum atomic E-state index is 13.3. The van der Waals surface area contributed by atoms with E-state index in [0.717, 1.165) is 19.5 Å². The van der Waals surface area contributed by atoms with Crippen molar-refractivity contribution in [3.05, 3.63) is 65.7 Å². The Morgan fingerprint density at radius 3 is 2.30 bits per heavy atom. The van der Waals surface area contributed by atoms with E-state index in [1.165, 1.54) is 44.9 Å². The Kier molecular flexibility index (Phi) is 6.28. The molecule has 4 nitrogen and oxygen atoms in total. The Hall–Kier alpha value is -2.14. The lowest BCUT2D eigenvalue weighted by Crippen LogP contribution is -2.46. The van der Waals surface area contributed by atoms with Crippen LogP contribution in [-0.2, 0) is 15.6 Å². The Morgan fingerprint density at radius 1 is 0.867 bits per heavy atom. The van der Waals surface area contributed by atoms with Crippen LogP contribution in [0.25, 0.3) is 0 Å². The first-order valence-electron chi connectivity index (χ1n) is 11.1. The third-order valence-corrected chi connectivity index (χ3v) is 8.45. The molecule has 0 atom stereocenters. The van der Waals surface area contributed by atoms with E-state index >= 15 is 0 Å². The van der Waals surface area contributed by atoms with Gasteiger partial charge in [-0.1, -0.05) is 56.0 Å². The van der Waals surface area contributed by atoms with E-state index in [4.69, 9.17) is 0 Å². The van der Waals surface area contributed by atoms with E-state index in [1.807, 2.05) is 11.0 Å². The molecular formula is C25H31NO3S. The normalized spacial score (nSPS) is 19.4. The van der Waals surface area contributed by atoms with Crippen LogP contribution in [-0.4, -0.2) is 32.3 Å². The largest absolute Gasteiger partial charge is 0.338 e. The Labute approximate surface area is 180 Å². The van der Waals surface area contributed by atoms with Gasteiger partial charge in [-0.15, -0.1) is 0 Å². The van der Waals surface area contributed by atoms with Gasteiger partial charge in [0.1, 0.15) is 0 Å². The SMILES string of the molecule is O=C(c1cccc(CS(=O)(=O)c2ccccc2)c1)N1CCCC2(CCCCCC2)C1. The minimum Gasteiger partial charge on any atom is -0.338 e. The molecule has 160 valence electrons. The van der Waals surface area contributed by atoms with Crippen LogP contribution in [0.1, 0.15) is 67.3 Å². The molecule has 2 aromatic carbocycles. The molecule has 2 aliphatic rings. The summed E-state index contributed by atoms with van der Waals surface area (Å²) in [6, 6.07) is 15.7. The summed E-state index contributed by atoms with van der Waals surface area (Å²) < 4.78 is 25.4. The number of rotatable bonds is 4. The maximum Gasteiger partial charge on any atom is 0.253 e. The summed E-state index contributed by atoms with van der Waals surface area (Å²) in [6.45, 7) is 1.64. The summed E-state index contributed by atoms with van der Waals surface area (Å²) in [7, 11) is -3.43. The van der Waals surface area contributed by atoms with E-state index in [0.29, 0.717) is 21.4 Å². The van der Waals surface area contributed by atoms with Crippen molar-refractivity contribution in [1.29, 1.82) is 0 Å². The number of sulfone groups is 1. The fraction of sp³-hybridized carbons (Fsp3) is 0.480. The quantitative estimate of drug-likeness (QED) is 0.673. The highest BCUT2D eigenvalue weighted by atomic mass is 32.2. The first-order chi connectivity index (χ1) is 14.5. The molecule has 4 rings (SSSR count). The smallest absolute Gasteiger partial charge is 0.253 e. The Bertz CT molecular complexity index is 976. The van der Waals surface area contributed by atoms with Crippen LogP contribution >= 0.6 is 0 Å². The third kappa shape index (κ3) is 4.77. The molecule has 0 unspecified atom stereocenters. The van der Waals surface area contributed by atoms with Crippen molar-refractivity contribution < 1.29 is 13.2 Å². The van der Waals surface area contributed by atoms with Crippen LogP contribution in [0.15, 0.2) is 59.5 Å². The summed E-state index contributed by atoms with van der Waals surface area (Å²) in [5.74, 6) is -0.0560. The molecule has 1 spiro atoms. The van der Waals surface area contributed by atoms with Crippen LogP contribution in [0.5, 0.6) is 0 Å². The highest BCUT2D eigenvalue weighted by Gasteiger charge is 2.37. The number of piperidine rings is 1. The van der Waals surface area contributed by atoms with Crippen LogP contribution in [0, 0.1) is 5.41 Å². The highest BCUT2D eigenvalue weighted by molar-refractivity contribution is 7.90. The van der Waals surface area contributed by atoms with Gasteiger partial charge in [-0.3, -0.25) is 4.79 Å². The van der Waals surface area contributed by atoms with Crippen molar-refractivity contribution in [2.45, 2.75) is 62.0 Å². The van der Waals surface area contributed by atoms with Gasteiger partial charge < -0.3 is 4.90 Å². The van der Waals surface area contributed by atoms with Crippen molar-refractivity contribution in [3.8, 4) is 0 Å². The molecule has 1 saturated heterocycles. The van der Waals surface area contributed by atoms with E-state index in [2.05, 4.69) is 0 Å². The van der Waals surface area contributed by atoms with Crippen molar-refractivity contribution >= 4 is 15.7 Å². The second-order valence-corrected chi connectivity index (χ2v) is 11.0. The zero-order chi connectivity index (χ0) is 21.0. The predicted molar refractivity (Wildman–Crippen MR) is 119 cm³/mol. The summed E-state index contributed by atoms with van der Waals surface area (Å²) in [5.41, 5.74) is 1.55. The van der Waals surface area contributed by atoms with Gasteiger partial charge in [0.25, 0.3) is 5.91 Å². The molecular weight excluding hydrogens is 394 g/mol. The number of benzene rings is 2. The van der Waals surface area contributed by atoms with Gasteiger partial charge in [-0.25, -0.2) is 8.42 Å². The Balaban J connectivity index is 1.50. The van der Waals surface area contributed by atoms with Gasteiger partial charge in [-0.2, -0.15) is 0 Å². The molecule has 0 aromatic heterocycles. The number of hydrogen-bond donors (Lipinski definition) is 0. The average molecular weight is 426 g/mol. The molecule has 0 bridgehead atoms. The minimum absolute atomic E-state index is 0.0391. The topological polar surface area (TPSA) is 54.5 Å². The average Bonchev–Trinajstić information content (AvgIpc) is 2.99. The lowest BCUT2D eigenvalue weighted by atomic mass is 9.74. The van der Waals surface area contributed by atoms with Crippen molar-refractivity contribution in [1.82, 2.24) is 4.90 Å². The molecule has 0 N–H and O–H groups in total. The fourth-order valence-electron chi connectivity index (χ4n) is 5.18. The number of hydrogen-bond acceptors (Lipinski definition) is 3. The number of carbonyl (C=O) groups excluding carboxylic acids is 1. The number of carbonyl (C=O) groups is 1. The number of likely N-dealkylation sites (tertiary alicyclic amines) is 1. The van der Waals surface area contributed by atoms with E-state index in [9.17, 15) is 13.2 Å². The lowest BCUT2D eigenvalue weighted by Gasteiger charge is -2.43. The summed E-state index contributed by atoms with van der Waals surface area (Å²) >= 11 is 0. The van der Waals surface area contributed by atoms with Gasteiger partial charge >= 0.3 is 0 Å². The summed E-state index contributed by atoms with van der Waals surface area (Å²) in [5, 5.41) is 0. The molecule has 5 heteroatoms. The van der Waals surface area contributed by atoms with E-state index < -0.39 is 9.84 Å². The van der Waals surface area contributed by atoms with Crippen LogP contribution in [0.4, 0.5) is 0 Å². The summed E-state index contributed by atoms with van der Waals surface area (Å²) in [6.07, 6.45) is 9.92. The molecule has 1 heterocycles. The minimum atomic E-state index is -3.43. The van der Waals surface area contributed by atoms with Gasteiger partial charge in [-0.05, 0) is 60.9 Å². The Morgan fingerprint density at radius 2 is 1.57 bits per heavy atom. The van der Waals surface area contributed by atoms with Gasteiger partial charge in [0, 0.05) is 18.7 Å². The first kappa shape index (κ1) is 21.1. The molecule has 30 heavy (non-hydrogen) atoms. The second-order valence-electron chi connectivity index (χ2n) is 9.02. The van der Waals surface area contributed by atoms with E-state index in [-0.39, 0.29) is 11.7 Å². The van der Waals surface area contributed by atoms with Gasteiger partial charge in [0.05, 0.1) is 10.6 Å². The van der Waals surface area contributed by atoms with Crippen LogP contribution in [0.3, 0.4) is 0 Å². The lowest BCUT2D eigenvalue weighted by molar-refractivity contribution is 0.0465. The standard InChI is InChI=1S/C25H31NO3S/c27-24(26-17-9-16-25(20-26)14-6-1-2-7-15-25)22-11-8-10-21(18-22)19-30(28,29)23-12-4-3-5-13-23/h3-5,8,10-13,18H,1-2,6-7,9,14-17,19-20H2. The molecule has 1 amide bonds. The zero-order valence-electron chi connectivity index (χ0n) is 17.6. The van der Waals surface area contributed by atoms with Gasteiger partial charge in [0.2, 0.25) is 0 Å². The number of amides is 1. The fourth-order valence-corrected chi connectivity index (χ4v) is 6.53. The van der Waals surface area contributed by atoms with Crippen molar-refractivity contribution in [2.75, 3.05) is 13.1 Å².